The van der Waals surface area contributed by atoms with Crippen molar-refractivity contribution in [2.45, 2.75) is 25.8 Å². The molecule has 0 fully saturated rings. The van der Waals surface area contributed by atoms with E-state index in [0.29, 0.717) is 6.42 Å². The van der Waals surface area contributed by atoms with Crippen LogP contribution in [0.4, 0.5) is 0 Å². The Bertz CT molecular complexity index is 439. The van der Waals surface area contributed by atoms with Gasteiger partial charge < -0.3 is 5.32 Å². The Morgan fingerprint density at radius 3 is 2.94 bits per heavy atom. The fourth-order valence-corrected chi connectivity index (χ4v) is 1.19. The molecular formula is C11H13N3O2. The Morgan fingerprint density at radius 2 is 2.44 bits per heavy atom. The van der Waals surface area contributed by atoms with Crippen LogP contribution in [-0.4, -0.2) is 22.1 Å². The first kappa shape index (κ1) is 12.0. The van der Waals surface area contributed by atoms with E-state index in [-0.39, 0.29) is 23.2 Å². The molecule has 0 saturated heterocycles. The van der Waals surface area contributed by atoms with Gasteiger partial charge in [-0.3, -0.25) is 9.59 Å². The van der Waals surface area contributed by atoms with Crippen LogP contribution < -0.4 is 10.9 Å². The van der Waals surface area contributed by atoms with Crippen LogP contribution in [0.2, 0.25) is 0 Å². The number of rotatable bonds is 4. The molecule has 1 aromatic heterocycles. The van der Waals surface area contributed by atoms with Crippen LogP contribution in [0, 0.1) is 12.3 Å². The molecule has 1 heterocycles. The zero-order chi connectivity index (χ0) is 12.0. The Labute approximate surface area is 93.3 Å². The van der Waals surface area contributed by atoms with E-state index >= 15 is 0 Å². The van der Waals surface area contributed by atoms with Gasteiger partial charge in [0.2, 0.25) is 0 Å². The van der Waals surface area contributed by atoms with E-state index in [2.05, 4.69) is 21.4 Å². The first-order chi connectivity index (χ1) is 7.67. The van der Waals surface area contributed by atoms with Crippen molar-refractivity contribution < 1.29 is 4.79 Å². The van der Waals surface area contributed by atoms with Crippen LogP contribution in [-0.2, 0) is 0 Å². The normalized spacial score (nSPS) is 11.5. The van der Waals surface area contributed by atoms with Crippen molar-refractivity contribution in [1.82, 2.24) is 15.5 Å². The van der Waals surface area contributed by atoms with Crippen molar-refractivity contribution in [3.8, 4) is 12.3 Å². The summed E-state index contributed by atoms with van der Waals surface area (Å²) in [6.07, 6.45) is 6.86. The third kappa shape index (κ3) is 3.24. The summed E-state index contributed by atoms with van der Waals surface area (Å²) in [6, 6.07) is 2.30. The van der Waals surface area contributed by atoms with E-state index in [0.717, 1.165) is 6.42 Å². The summed E-state index contributed by atoms with van der Waals surface area (Å²) in [5, 5.41) is 8.44. The standard InChI is InChI=1S/C11H13N3O2/c1-3-5-8(4-2)12-11(16)9-6-7-10(15)14-13-9/h2,6-8H,3,5H2,1H3,(H,12,16)(H,14,15). The highest BCUT2D eigenvalue weighted by atomic mass is 16.2. The van der Waals surface area contributed by atoms with Crippen molar-refractivity contribution in [3.63, 3.8) is 0 Å². The van der Waals surface area contributed by atoms with Gasteiger partial charge in [0.25, 0.3) is 11.5 Å². The van der Waals surface area contributed by atoms with Gasteiger partial charge in [0.15, 0.2) is 0 Å². The zero-order valence-electron chi connectivity index (χ0n) is 8.99. The second-order valence-electron chi connectivity index (χ2n) is 3.29. The van der Waals surface area contributed by atoms with E-state index in [1.165, 1.54) is 12.1 Å². The van der Waals surface area contributed by atoms with Gasteiger partial charge in [0.05, 0.1) is 6.04 Å². The number of terminal acetylenes is 1. The molecule has 1 aromatic rings. The summed E-state index contributed by atoms with van der Waals surface area (Å²) in [6.45, 7) is 1.98. The maximum atomic E-state index is 11.6. The fraction of sp³-hybridized carbons (Fsp3) is 0.364. The topological polar surface area (TPSA) is 74.8 Å². The number of amides is 1. The molecule has 84 valence electrons. The molecule has 0 radical (unpaired) electrons. The molecule has 1 unspecified atom stereocenters. The molecule has 2 N–H and O–H groups in total. The summed E-state index contributed by atoms with van der Waals surface area (Å²) in [5.74, 6) is 2.10. The zero-order valence-corrected chi connectivity index (χ0v) is 8.99. The van der Waals surface area contributed by atoms with Crippen LogP contribution in [0.15, 0.2) is 16.9 Å². The van der Waals surface area contributed by atoms with Crippen molar-refractivity contribution in [3.05, 3.63) is 28.2 Å². The first-order valence-electron chi connectivity index (χ1n) is 5.00. The first-order valence-corrected chi connectivity index (χ1v) is 5.00. The molecule has 16 heavy (non-hydrogen) atoms. The molecule has 0 aliphatic heterocycles. The molecule has 1 rings (SSSR count). The summed E-state index contributed by atoms with van der Waals surface area (Å²) < 4.78 is 0. The number of nitrogens with one attached hydrogen (secondary N) is 2. The van der Waals surface area contributed by atoms with Crippen LogP contribution in [0.3, 0.4) is 0 Å². The van der Waals surface area contributed by atoms with E-state index < -0.39 is 0 Å². The Hall–Kier alpha value is -2.09. The largest absolute Gasteiger partial charge is 0.337 e. The third-order valence-electron chi connectivity index (χ3n) is 2.00. The van der Waals surface area contributed by atoms with Gasteiger partial charge in [-0.05, 0) is 12.5 Å². The highest BCUT2D eigenvalue weighted by molar-refractivity contribution is 5.92. The summed E-state index contributed by atoms with van der Waals surface area (Å²) >= 11 is 0. The molecule has 5 nitrogen and oxygen atoms in total. The van der Waals surface area contributed by atoms with Gasteiger partial charge in [-0.2, -0.15) is 5.10 Å². The second kappa shape index (κ2) is 5.71. The van der Waals surface area contributed by atoms with E-state index in [4.69, 9.17) is 6.42 Å². The summed E-state index contributed by atoms with van der Waals surface area (Å²) in [5.41, 5.74) is -0.199. The lowest BCUT2D eigenvalue weighted by molar-refractivity contribution is 0.0938. The molecule has 0 aromatic carbocycles. The van der Waals surface area contributed by atoms with Crippen molar-refractivity contribution in [1.29, 1.82) is 0 Å². The maximum absolute atomic E-state index is 11.6. The lowest BCUT2D eigenvalue weighted by Crippen LogP contribution is -2.34. The fourth-order valence-electron chi connectivity index (χ4n) is 1.19. The van der Waals surface area contributed by atoms with Crippen LogP contribution in [0.1, 0.15) is 30.3 Å². The number of hydrogen-bond acceptors (Lipinski definition) is 3. The average Bonchev–Trinajstić information content (AvgIpc) is 2.29. The molecule has 0 spiro atoms. The monoisotopic (exact) mass is 219 g/mol. The smallest absolute Gasteiger partial charge is 0.272 e. The third-order valence-corrected chi connectivity index (χ3v) is 2.00. The molecule has 5 heteroatoms. The number of aromatic nitrogens is 2. The van der Waals surface area contributed by atoms with Gasteiger partial charge >= 0.3 is 0 Å². The highest BCUT2D eigenvalue weighted by Crippen LogP contribution is 1.97. The second-order valence-corrected chi connectivity index (χ2v) is 3.29. The van der Waals surface area contributed by atoms with Crippen molar-refractivity contribution in [2.75, 3.05) is 0 Å². The molecule has 1 amide bonds. The highest BCUT2D eigenvalue weighted by Gasteiger charge is 2.11. The minimum atomic E-state index is -0.382. The lowest BCUT2D eigenvalue weighted by atomic mass is 10.2. The predicted molar refractivity (Wildman–Crippen MR) is 59.9 cm³/mol. The van der Waals surface area contributed by atoms with Gasteiger partial charge in [-0.15, -0.1) is 6.42 Å². The van der Waals surface area contributed by atoms with Crippen molar-refractivity contribution in [2.24, 2.45) is 0 Å². The van der Waals surface area contributed by atoms with E-state index in [9.17, 15) is 9.59 Å². The number of nitrogens with zero attached hydrogens (tertiary/aromatic N) is 1. The quantitative estimate of drug-likeness (QED) is 0.715. The number of H-pyrrole nitrogens is 1. The van der Waals surface area contributed by atoms with Gasteiger partial charge in [-0.25, -0.2) is 5.10 Å². The van der Waals surface area contributed by atoms with Gasteiger partial charge in [0.1, 0.15) is 5.69 Å². The molecule has 0 aliphatic carbocycles. The lowest BCUT2D eigenvalue weighted by Gasteiger charge is -2.10. The number of hydrogen-bond donors (Lipinski definition) is 2. The molecule has 0 saturated carbocycles. The summed E-state index contributed by atoms with van der Waals surface area (Å²) in [4.78, 5) is 22.4. The van der Waals surface area contributed by atoms with Crippen LogP contribution >= 0.6 is 0 Å². The SMILES string of the molecule is C#CC(CCC)NC(=O)c1ccc(=O)[nH]n1. The minimum Gasteiger partial charge on any atom is -0.337 e. The molecular weight excluding hydrogens is 206 g/mol. The molecule has 0 bridgehead atoms. The van der Waals surface area contributed by atoms with Crippen molar-refractivity contribution >= 4 is 5.91 Å². The minimum absolute atomic E-state index is 0.149. The van der Waals surface area contributed by atoms with Crippen LogP contribution in [0.25, 0.3) is 0 Å². The average molecular weight is 219 g/mol. The van der Waals surface area contributed by atoms with Gasteiger partial charge in [0, 0.05) is 6.07 Å². The van der Waals surface area contributed by atoms with Gasteiger partial charge in [-0.1, -0.05) is 19.3 Å². The van der Waals surface area contributed by atoms with Crippen LogP contribution in [0.5, 0.6) is 0 Å². The molecule has 0 aliphatic rings. The molecule has 1 atom stereocenters. The predicted octanol–water partition coefficient (Wildman–Crippen LogP) is 0.302. The maximum Gasteiger partial charge on any atom is 0.272 e. The number of carbonyl (C=O) groups is 1. The van der Waals surface area contributed by atoms with E-state index in [1.807, 2.05) is 6.92 Å². The Kier molecular flexibility index (Phi) is 4.28. The Morgan fingerprint density at radius 1 is 1.69 bits per heavy atom. The number of carbonyl (C=O) groups excluding carboxylic acids is 1. The Balaban J connectivity index is 2.68. The number of aromatic amines is 1. The van der Waals surface area contributed by atoms with E-state index in [1.54, 1.807) is 0 Å². The summed E-state index contributed by atoms with van der Waals surface area (Å²) in [7, 11) is 0.